The Morgan fingerprint density at radius 2 is 2.12 bits per heavy atom. The fraction of sp³-hybridized carbons (Fsp3) is 0.833. The zero-order valence-electron chi connectivity index (χ0n) is 10.7. The summed E-state index contributed by atoms with van der Waals surface area (Å²) in [5, 5.41) is 2.73. The zero-order valence-corrected chi connectivity index (χ0v) is 10.7. The molecule has 2 saturated heterocycles. The van der Waals surface area contributed by atoms with Crippen LogP contribution in [-0.4, -0.2) is 41.1 Å². The van der Waals surface area contributed by atoms with Crippen LogP contribution < -0.4 is 5.32 Å². The van der Waals surface area contributed by atoms with Crippen LogP contribution in [0.5, 0.6) is 0 Å². The molecule has 5 nitrogen and oxygen atoms in total. The standard InChI is InChI=1S/C12H20N2O3/c1-11(2,3)17-10(16)14-7-5-4-6-12(14)8-13-9(12)15/h4-8H2,1-3H3,(H,13,15). The lowest BCUT2D eigenvalue weighted by atomic mass is 9.81. The number of β-lactam (4-membered cyclic amide) rings is 1. The highest BCUT2D eigenvalue weighted by Gasteiger charge is 2.54. The largest absolute Gasteiger partial charge is 0.444 e. The average Bonchev–Trinajstić information content (AvgIpc) is 2.24. The quantitative estimate of drug-likeness (QED) is 0.649. The van der Waals surface area contributed by atoms with E-state index in [4.69, 9.17) is 4.74 Å². The van der Waals surface area contributed by atoms with Gasteiger partial charge in [0.2, 0.25) is 5.91 Å². The molecular weight excluding hydrogens is 220 g/mol. The Labute approximate surface area is 101 Å². The van der Waals surface area contributed by atoms with Crippen LogP contribution in [0.25, 0.3) is 0 Å². The minimum absolute atomic E-state index is 0.0388. The second-order valence-corrected chi connectivity index (χ2v) is 5.80. The van der Waals surface area contributed by atoms with Crippen molar-refractivity contribution in [3.63, 3.8) is 0 Å². The van der Waals surface area contributed by atoms with Crippen molar-refractivity contribution in [3.8, 4) is 0 Å². The summed E-state index contributed by atoms with van der Waals surface area (Å²) in [6, 6.07) is 0. The molecule has 2 amide bonds. The van der Waals surface area contributed by atoms with E-state index >= 15 is 0 Å². The predicted octanol–water partition coefficient (Wildman–Crippen LogP) is 1.28. The highest BCUT2D eigenvalue weighted by atomic mass is 16.6. The molecule has 1 N–H and O–H groups in total. The summed E-state index contributed by atoms with van der Waals surface area (Å²) in [5.74, 6) is -0.0388. The van der Waals surface area contributed by atoms with Gasteiger partial charge in [-0.05, 0) is 40.0 Å². The van der Waals surface area contributed by atoms with Gasteiger partial charge in [0.25, 0.3) is 0 Å². The third-order valence-corrected chi connectivity index (χ3v) is 3.32. The van der Waals surface area contributed by atoms with E-state index in [0.717, 1.165) is 19.3 Å². The molecule has 0 aromatic carbocycles. The molecule has 1 spiro atoms. The van der Waals surface area contributed by atoms with Gasteiger partial charge in [-0.2, -0.15) is 0 Å². The molecule has 1 atom stereocenters. The maximum absolute atomic E-state index is 12.1. The van der Waals surface area contributed by atoms with Crippen molar-refractivity contribution in [2.75, 3.05) is 13.1 Å². The van der Waals surface area contributed by atoms with E-state index < -0.39 is 11.1 Å². The fourth-order valence-electron chi connectivity index (χ4n) is 2.40. The summed E-state index contributed by atoms with van der Waals surface area (Å²) in [6.45, 7) is 6.68. The molecule has 17 heavy (non-hydrogen) atoms. The second kappa shape index (κ2) is 3.89. The molecule has 0 aromatic heterocycles. The molecule has 0 bridgehead atoms. The molecule has 0 saturated carbocycles. The van der Waals surface area contributed by atoms with E-state index in [1.807, 2.05) is 20.8 Å². The summed E-state index contributed by atoms with van der Waals surface area (Å²) in [4.78, 5) is 25.4. The number of nitrogens with one attached hydrogen (secondary N) is 1. The number of ether oxygens (including phenoxy) is 1. The lowest BCUT2D eigenvalue weighted by Gasteiger charge is -2.51. The molecule has 0 radical (unpaired) electrons. The van der Waals surface area contributed by atoms with E-state index in [1.165, 1.54) is 0 Å². The summed E-state index contributed by atoms with van der Waals surface area (Å²) in [7, 11) is 0. The molecule has 2 aliphatic rings. The molecule has 2 aliphatic heterocycles. The monoisotopic (exact) mass is 240 g/mol. The molecule has 2 heterocycles. The van der Waals surface area contributed by atoms with Crippen molar-refractivity contribution in [2.45, 2.75) is 51.2 Å². The Morgan fingerprint density at radius 1 is 1.41 bits per heavy atom. The van der Waals surface area contributed by atoms with Crippen LogP contribution >= 0.6 is 0 Å². The van der Waals surface area contributed by atoms with Crippen LogP contribution in [0.1, 0.15) is 40.0 Å². The van der Waals surface area contributed by atoms with E-state index in [0.29, 0.717) is 13.1 Å². The SMILES string of the molecule is CC(C)(C)OC(=O)N1CCCCC12CNC2=O. The van der Waals surface area contributed by atoms with Crippen LogP contribution in [0.4, 0.5) is 4.79 Å². The molecule has 0 aliphatic carbocycles. The van der Waals surface area contributed by atoms with Crippen LogP contribution in [-0.2, 0) is 9.53 Å². The van der Waals surface area contributed by atoms with E-state index in [9.17, 15) is 9.59 Å². The third kappa shape index (κ3) is 2.10. The minimum atomic E-state index is -0.624. The number of nitrogens with zero attached hydrogens (tertiary/aromatic N) is 1. The fourth-order valence-corrected chi connectivity index (χ4v) is 2.40. The Hall–Kier alpha value is -1.26. The first-order valence-corrected chi connectivity index (χ1v) is 6.14. The van der Waals surface area contributed by atoms with E-state index in [-0.39, 0.29) is 12.0 Å². The van der Waals surface area contributed by atoms with Crippen molar-refractivity contribution in [1.82, 2.24) is 10.2 Å². The van der Waals surface area contributed by atoms with Gasteiger partial charge in [-0.25, -0.2) is 4.79 Å². The predicted molar refractivity (Wildman–Crippen MR) is 62.5 cm³/mol. The number of hydrogen-bond donors (Lipinski definition) is 1. The van der Waals surface area contributed by atoms with Crippen molar-refractivity contribution in [1.29, 1.82) is 0 Å². The van der Waals surface area contributed by atoms with E-state index in [2.05, 4.69) is 5.32 Å². The van der Waals surface area contributed by atoms with Crippen molar-refractivity contribution >= 4 is 12.0 Å². The molecule has 96 valence electrons. The van der Waals surface area contributed by atoms with Crippen LogP contribution in [0.15, 0.2) is 0 Å². The van der Waals surface area contributed by atoms with Gasteiger partial charge in [-0.1, -0.05) is 0 Å². The van der Waals surface area contributed by atoms with Gasteiger partial charge in [0.15, 0.2) is 0 Å². The Morgan fingerprint density at radius 3 is 2.59 bits per heavy atom. The topological polar surface area (TPSA) is 58.6 Å². The highest BCUT2D eigenvalue weighted by Crippen LogP contribution is 2.33. The first-order valence-electron chi connectivity index (χ1n) is 6.14. The number of carbonyl (C=O) groups is 2. The average molecular weight is 240 g/mol. The Kier molecular flexibility index (Phi) is 2.79. The van der Waals surface area contributed by atoms with Gasteiger partial charge in [0.05, 0.1) is 6.54 Å². The highest BCUT2D eigenvalue weighted by molar-refractivity contribution is 5.95. The Bertz CT molecular complexity index is 348. The molecular formula is C12H20N2O3. The smallest absolute Gasteiger partial charge is 0.411 e. The molecule has 2 fully saturated rings. The minimum Gasteiger partial charge on any atom is -0.444 e. The molecule has 0 aromatic rings. The number of carbonyl (C=O) groups excluding carboxylic acids is 2. The van der Waals surface area contributed by atoms with E-state index in [1.54, 1.807) is 4.90 Å². The van der Waals surface area contributed by atoms with Crippen LogP contribution in [0.3, 0.4) is 0 Å². The van der Waals surface area contributed by atoms with Crippen molar-refractivity contribution < 1.29 is 14.3 Å². The first kappa shape index (κ1) is 12.2. The molecule has 2 rings (SSSR count). The van der Waals surface area contributed by atoms with Crippen molar-refractivity contribution in [2.24, 2.45) is 0 Å². The van der Waals surface area contributed by atoms with Crippen LogP contribution in [0, 0.1) is 0 Å². The summed E-state index contributed by atoms with van der Waals surface area (Å²) >= 11 is 0. The maximum Gasteiger partial charge on any atom is 0.411 e. The summed E-state index contributed by atoms with van der Waals surface area (Å²) in [6.07, 6.45) is 2.31. The lowest BCUT2D eigenvalue weighted by molar-refractivity contribution is -0.146. The first-order chi connectivity index (χ1) is 7.85. The van der Waals surface area contributed by atoms with Gasteiger partial charge >= 0.3 is 6.09 Å². The zero-order chi connectivity index (χ0) is 12.7. The number of amides is 2. The molecule has 1 unspecified atom stereocenters. The number of piperidine rings is 1. The number of likely N-dealkylation sites (tertiary alicyclic amines) is 1. The van der Waals surface area contributed by atoms with Crippen molar-refractivity contribution in [3.05, 3.63) is 0 Å². The summed E-state index contributed by atoms with van der Waals surface area (Å²) < 4.78 is 5.36. The lowest BCUT2D eigenvalue weighted by Crippen LogP contribution is -2.75. The number of hydrogen-bond acceptors (Lipinski definition) is 3. The van der Waals surface area contributed by atoms with Gasteiger partial charge in [0, 0.05) is 6.54 Å². The van der Waals surface area contributed by atoms with Gasteiger partial charge < -0.3 is 10.1 Å². The Balaban J connectivity index is 2.12. The summed E-state index contributed by atoms with van der Waals surface area (Å²) in [5.41, 5.74) is -1.14. The van der Waals surface area contributed by atoms with Gasteiger partial charge in [-0.15, -0.1) is 0 Å². The normalized spacial score (nSPS) is 28.6. The molecule has 5 heteroatoms. The van der Waals surface area contributed by atoms with Gasteiger partial charge in [0.1, 0.15) is 11.1 Å². The maximum atomic E-state index is 12.1. The van der Waals surface area contributed by atoms with Gasteiger partial charge in [-0.3, -0.25) is 9.69 Å². The second-order valence-electron chi connectivity index (χ2n) is 5.80. The number of rotatable bonds is 0. The third-order valence-electron chi connectivity index (χ3n) is 3.32. The van der Waals surface area contributed by atoms with Crippen LogP contribution in [0.2, 0.25) is 0 Å².